The monoisotopic (exact) mass is 239 g/mol. The molecule has 0 fully saturated rings. The van der Waals surface area contributed by atoms with Crippen LogP contribution in [-0.4, -0.2) is 42.4 Å². The molecule has 88 valence electrons. The second kappa shape index (κ2) is 6.55. The Kier molecular flexibility index (Phi) is 5.35. The molecule has 0 aromatic heterocycles. The SMILES string of the molecule is CSCc1cccc(C(=O)N(C)CCO)c1. The predicted octanol–water partition coefficient (Wildman–Crippen LogP) is 1.61. The van der Waals surface area contributed by atoms with Gasteiger partial charge in [-0.2, -0.15) is 11.8 Å². The summed E-state index contributed by atoms with van der Waals surface area (Å²) in [4.78, 5) is 13.4. The van der Waals surface area contributed by atoms with E-state index in [0.717, 1.165) is 11.3 Å². The standard InChI is InChI=1S/C12H17NO2S/c1-13(6-7-14)12(15)11-5-3-4-10(8-11)9-16-2/h3-5,8,14H,6-7,9H2,1-2H3. The minimum atomic E-state index is -0.0444. The Morgan fingerprint density at radius 2 is 2.25 bits per heavy atom. The first kappa shape index (κ1) is 13.1. The van der Waals surface area contributed by atoms with Gasteiger partial charge < -0.3 is 10.0 Å². The zero-order valence-corrected chi connectivity index (χ0v) is 10.5. The van der Waals surface area contributed by atoms with E-state index >= 15 is 0 Å². The van der Waals surface area contributed by atoms with Crippen LogP contribution in [0.4, 0.5) is 0 Å². The summed E-state index contributed by atoms with van der Waals surface area (Å²) >= 11 is 1.73. The Labute approximate surface area is 100 Å². The molecule has 1 aromatic rings. The fraction of sp³-hybridized carbons (Fsp3) is 0.417. The van der Waals surface area contributed by atoms with Crippen LogP contribution in [-0.2, 0) is 5.75 Å². The second-order valence-electron chi connectivity index (χ2n) is 3.58. The first-order valence-electron chi connectivity index (χ1n) is 5.13. The Balaban J connectivity index is 2.78. The number of benzene rings is 1. The highest BCUT2D eigenvalue weighted by Gasteiger charge is 2.10. The van der Waals surface area contributed by atoms with E-state index in [-0.39, 0.29) is 12.5 Å². The van der Waals surface area contributed by atoms with Crippen molar-refractivity contribution in [2.24, 2.45) is 0 Å². The Hall–Kier alpha value is -1.00. The number of hydrogen-bond donors (Lipinski definition) is 1. The summed E-state index contributed by atoms with van der Waals surface area (Å²) in [6.45, 7) is 0.359. The van der Waals surface area contributed by atoms with Gasteiger partial charge in [-0.25, -0.2) is 0 Å². The van der Waals surface area contributed by atoms with Crippen molar-refractivity contribution in [3.05, 3.63) is 35.4 Å². The first-order chi connectivity index (χ1) is 7.69. The predicted molar refractivity (Wildman–Crippen MR) is 67.7 cm³/mol. The molecule has 0 bridgehead atoms. The normalized spacial score (nSPS) is 10.2. The molecule has 0 unspecified atom stereocenters. The number of aliphatic hydroxyl groups is 1. The summed E-state index contributed by atoms with van der Waals surface area (Å²) in [6.07, 6.45) is 2.03. The van der Waals surface area contributed by atoms with Gasteiger partial charge in [-0.1, -0.05) is 12.1 Å². The number of rotatable bonds is 5. The van der Waals surface area contributed by atoms with Gasteiger partial charge in [0.25, 0.3) is 5.91 Å². The number of hydrogen-bond acceptors (Lipinski definition) is 3. The van der Waals surface area contributed by atoms with Crippen LogP contribution in [0.15, 0.2) is 24.3 Å². The van der Waals surface area contributed by atoms with Gasteiger partial charge in [0.05, 0.1) is 6.61 Å². The van der Waals surface area contributed by atoms with E-state index in [1.807, 2.05) is 24.5 Å². The summed E-state index contributed by atoms with van der Waals surface area (Å²) in [5, 5.41) is 8.77. The molecule has 4 heteroatoms. The van der Waals surface area contributed by atoms with Crippen molar-refractivity contribution in [3.8, 4) is 0 Å². The maximum Gasteiger partial charge on any atom is 0.253 e. The molecule has 1 aromatic carbocycles. The Bertz CT molecular complexity index is 355. The Morgan fingerprint density at radius 3 is 2.88 bits per heavy atom. The van der Waals surface area contributed by atoms with Crippen LogP contribution < -0.4 is 0 Å². The summed E-state index contributed by atoms with van der Waals surface area (Å²) in [6, 6.07) is 7.62. The highest BCUT2D eigenvalue weighted by atomic mass is 32.2. The summed E-state index contributed by atoms with van der Waals surface area (Å²) in [5.41, 5.74) is 1.83. The smallest absolute Gasteiger partial charge is 0.253 e. The third-order valence-corrected chi connectivity index (χ3v) is 2.89. The number of amides is 1. The van der Waals surface area contributed by atoms with Crippen molar-refractivity contribution in [3.63, 3.8) is 0 Å². The zero-order chi connectivity index (χ0) is 12.0. The molecule has 0 saturated carbocycles. The van der Waals surface area contributed by atoms with E-state index in [1.165, 1.54) is 4.90 Å². The lowest BCUT2D eigenvalue weighted by Gasteiger charge is -2.15. The molecule has 0 radical (unpaired) electrons. The zero-order valence-electron chi connectivity index (χ0n) is 9.64. The van der Waals surface area contributed by atoms with Crippen molar-refractivity contribution < 1.29 is 9.90 Å². The van der Waals surface area contributed by atoms with Crippen LogP contribution >= 0.6 is 11.8 Å². The van der Waals surface area contributed by atoms with Crippen LogP contribution in [0.25, 0.3) is 0 Å². The van der Waals surface area contributed by atoms with Crippen molar-refractivity contribution in [1.82, 2.24) is 4.90 Å². The molecule has 1 amide bonds. The molecule has 0 atom stereocenters. The number of likely N-dealkylation sites (N-methyl/N-ethyl adjacent to an activating group) is 1. The average molecular weight is 239 g/mol. The summed E-state index contributed by atoms with van der Waals surface area (Å²) in [5.74, 6) is 0.863. The maximum atomic E-state index is 11.9. The van der Waals surface area contributed by atoms with Gasteiger partial charge in [-0.15, -0.1) is 0 Å². The van der Waals surface area contributed by atoms with Gasteiger partial charge in [0.15, 0.2) is 0 Å². The third kappa shape index (κ3) is 3.54. The molecule has 1 rings (SSSR count). The summed E-state index contributed by atoms with van der Waals surface area (Å²) < 4.78 is 0. The molecule has 0 saturated heterocycles. The molecule has 0 aliphatic carbocycles. The number of carbonyl (C=O) groups excluding carboxylic acids is 1. The largest absolute Gasteiger partial charge is 0.395 e. The molecule has 0 aliphatic heterocycles. The van der Waals surface area contributed by atoms with Gasteiger partial charge in [-0.05, 0) is 24.0 Å². The number of nitrogens with zero attached hydrogens (tertiary/aromatic N) is 1. The van der Waals surface area contributed by atoms with Crippen molar-refractivity contribution in [2.45, 2.75) is 5.75 Å². The van der Waals surface area contributed by atoms with Crippen LogP contribution in [0.2, 0.25) is 0 Å². The highest BCUT2D eigenvalue weighted by Crippen LogP contribution is 2.12. The molecule has 0 aliphatic rings. The maximum absolute atomic E-state index is 11.9. The topological polar surface area (TPSA) is 40.5 Å². The van der Waals surface area contributed by atoms with Gasteiger partial charge in [0.2, 0.25) is 0 Å². The molecule has 3 nitrogen and oxygen atoms in total. The fourth-order valence-corrected chi connectivity index (χ4v) is 1.95. The van der Waals surface area contributed by atoms with Gasteiger partial charge in [0.1, 0.15) is 0 Å². The molecule has 0 spiro atoms. The van der Waals surface area contributed by atoms with Gasteiger partial charge >= 0.3 is 0 Å². The van der Waals surface area contributed by atoms with E-state index in [4.69, 9.17) is 5.11 Å². The number of aliphatic hydroxyl groups excluding tert-OH is 1. The molecular weight excluding hydrogens is 222 g/mol. The number of carbonyl (C=O) groups is 1. The minimum Gasteiger partial charge on any atom is -0.395 e. The molecule has 16 heavy (non-hydrogen) atoms. The molecule has 1 N–H and O–H groups in total. The van der Waals surface area contributed by atoms with Crippen LogP contribution in [0.1, 0.15) is 15.9 Å². The highest BCUT2D eigenvalue weighted by molar-refractivity contribution is 7.97. The van der Waals surface area contributed by atoms with Crippen molar-refractivity contribution in [1.29, 1.82) is 0 Å². The van der Waals surface area contributed by atoms with Gasteiger partial charge in [-0.3, -0.25) is 4.79 Å². The van der Waals surface area contributed by atoms with E-state index < -0.39 is 0 Å². The second-order valence-corrected chi connectivity index (χ2v) is 4.45. The fourth-order valence-electron chi connectivity index (χ4n) is 1.43. The van der Waals surface area contributed by atoms with Crippen LogP contribution in [0.5, 0.6) is 0 Å². The van der Waals surface area contributed by atoms with Crippen molar-refractivity contribution in [2.75, 3.05) is 26.5 Å². The van der Waals surface area contributed by atoms with Crippen molar-refractivity contribution >= 4 is 17.7 Å². The van der Waals surface area contributed by atoms with Crippen LogP contribution in [0, 0.1) is 0 Å². The molecule has 0 heterocycles. The van der Waals surface area contributed by atoms with Crippen LogP contribution in [0.3, 0.4) is 0 Å². The van der Waals surface area contributed by atoms with E-state index in [2.05, 4.69) is 0 Å². The third-order valence-electron chi connectivity index (χ3n) is 2.27. The van der Waals surface area contributed by atoms with E-state index in [9.17, 15) is 4.79 Å². The van der Waals surface area contributed by atoms with Gasteiger partial charge in [0, 0.05) is 24.9 Å². The number of thioether (sulfide) groups is 1. The minimum absolute atomic E-state index is 0.00720. The average Bonchev–Trinajstić information content (AvgIpc) is 2.29. The lowest BCUT2D eigenvalue weighted by molar-refractivity contribution is 0.0767. The lowest BCUT2D eigenvalue weighted by Crippen LogP contribution is -2.29. The first-order valence-corrected chi connectivity index (χ1v) is 6.52. The lowest BCUT2D eigenvalue weighted by atomic mass is 10.1. The van der Waals surface area contributed by atoms with E-state index in [0.29, 0.717) is 12.1 Å². The quantitative estimate of drug-likeness (QED) is 0.848. The molecular formula is C12H17NO2S. The summed E-state index contributed by atoms with van der Waals surface area (Å²) in [7, 11) is 1.69. The van der Waals surface area contributed by atoms with E-state index in [1.54, 1.807) is 24.9 Å². The Morgan fingerprint density at radius 1 is 1.50 bits per heavy atom.